The first-order valence-corrected chi connectivity index (χ1v) is 6.37. The second kappa shape index (κ2) is 5.96. The van der Waals surface area contributed by atoms with Crippen LogP contribution in [0.5, 0.6) is 0 Å². The molecule has 2 aromatic rings. The van der Waals surface area contributed by atoms with Crippen molar-refractivity contribution >= 4 is 17.6 Å². The minimum absolute atomic E-state index is 0.0156. The Morgan fingerprint density at radius 3 is 2.45 bits per heavy atom. The van der Waals surface area contributed by atoms with Crippen LogP contribution < -0.4 is 0 Å². The van der Waals surface area contributed by atoms with E-state index in [9.17, 15) is 22.4 Å². The lowest BCUT2D eigenvalue weighted by Crippen LogP contribution is -2.09. The molecule has 0 aromatic heterocycles. The lowest BCUT2D eigenvalue weighted by molar-refractivity contribution is -0.139. The van der Waals surface area contributed by atoms with Crippen LogP contribution in [0.25, 0.3) is 11.1 Å². The zero-order valence-electron chi connectivity index (χ0n) is 11.2. The van der Waals surface area contributed by atoms with Gasteiger partial charge < -0.3 is 4.74 Å². The largest absolute Gasteiger partial charge is 0.465 e. The molecular weight excluding hydrogens is 324 g/mol. The minimum Gasteiger partial charge on any atom is -0.465 e. The first kappa shape index (κ1) is 16.3. The Bertz CT molecular complexity index is 726. The Labute approximate surface area is 128 Å². The van der Waals surface area contributed by atoms with Crippen molar-refractivity contribution in [1.82, 2.24) is 0 Å². The fourth-order valence-electron chi connectivity index (χ4n) is 1.95. The van der Waals surface area contributed by atoms with Gasteiger partial charge in [0.2, 0.25) is 0 Å². The molecule has 0 heterocycles. The number of benzene rings is 2. The highest BCUT2D eigenvalue weighted by Gasteiger charge is 2.35. The SMILES string of the molecule is COC(=O)c1cc(Cl)cc(-c2cccc(C(F)(F)F)c2F)c1. The van der Waals surface area contributed by atoms with E-state index in [2.05, 4.69) is 4.74 Å². The first-order chi connectivity index (χ1) is 10.2. The Hall–Kier alpha value is -2.08. The summed E-state index contributed by atoms with van der Waals surface area (Å²) in [6, 6.07) is 6.67. The van der Waals surface area contributed by atoms with Crippen LogP contribution in [0.1, 0.15) is 15.9 Å². The number of carbonyl (C=O) groups excluding carboxylic acids is 1. The Kier molecular flexibility index (Phi) is 4.42. The molecule has 116 valence electrons. The zero-order chi connectivity index (χ0) is 16.5. The minimum atomic E-state index is -4.82. The topological polar surface area (TPSA) is 26.3 Å². The van der Waals surface area contributed by atoms with E-state index in [0.717, 1.165) is 13.2 Å². The predicted molar refractivity (Wildman–Crippen MR) is 73.2 cm³/mol. The van der Waals surface area contributed by atoms with Crippen molar-refractivity contribution in [3.8, 4) is 11.1 Å². The Morgan fingerprint density at radius 2 is 1.86 bits per heavy atom. The molecule has 0 aliphatic carbocycles. The first-order valence-electron chi connectivity index (χ1n) is 5.99. The van der Waals surface area contributed by atoms with E-state index in [0.29, 0.717) is 6.07 Å². The molecule has 0 radical (unpaired) electrons. The highest BCUT2D eigenvalue weighted by Crippen LogP contribution is 2.36. The molecule has 0 fully saturated rings. The summed E-state index contributed by atoms with van der Waals surface area (Å²) in [4.78, 5) is 11.5. The molecule has 0 saturated carbocycles. The van der Waals surface area contributed by atoms with Gasteiger partial charge >= 0.3 is 12.1 Å². The van der Waals surface area contributed by atoms with Gasteiger partial charge in [0.25, 0.3) is 0 Å². The number of ether oxygens (including phenoxy) is 1. The van der Waals surface area contributed by atoms with E-state index in [-0.39, 0.29) is 21.7 Å². The summed E-state index contributed by atoms with van der Waals surface area (Å²) >= 11 is 5.83. The van der Waals surface area contributed by atoms with Gasteiger partial charge in [-0.3, -0.25) is 0 Å². The number of methoxy groups -OCH3 is 1. The zero-order valence-corrected chi connectivity index (χ0v) is 11.9. The molecule has 0 saturated heterocycles. The average molecular weight is 333 g/mol. The number of esters is 1. The van der Waals surface area contributed by atoms with Crippen molar-refractivity contribution in [2.45, 2.75) is 6.18 Å². The highest BCUT2D eigenvalue weighted by atomic mass is 35.5. The van der Waals surface area contributed by atoms with Gasteiger partial charge in [0.1, 0.15) is 5.82 Å². The number of alkyl halides is 3. The highest BCUT2D eigenvalue weighted by molar-refractivity contribution is 6.31. The second-order valence-corrected chi connectivity index (χ2v) is 4.82. The normalized spacial score (nSPS) is 11.4. The van der Waals surface area contributed by atoms with E-state index in [1.165, 1.54) is 24.3 Å². The molecule has 2 aromatic carbocycles. The number of hydrogen-bond acceptors (Lipinski definition) is 2. The van der Waals surface area contributed by atoms with Crippen molar-refractivity contribution in [1.29, 1.82) is 0 Å². The number of halogens is 5. The smallest absolute Gasteiger partial charge is 0.419 e. The Balaban J connectivity index is 2.62. The van der Waals surface area contributed by atoms with E-state index in [4.69, 9.17) is 11.6 Å². The molecule has 0 unspecified atom stereocenters. The lowest BCUT2D eigenvalue weighted by Gasteiger charge is -2.12. The van der Waals surface area contributed by atoms with Crippen LogP contribution in [0.3, 0.4) is 0 Å². The lowest BCUT2D eigenvalue weighted by atomic mass is 10.00. The third kappa shape index (κ3) is 3.22. The molecule has 0 amide bonds. The summed E-state index contributed by atoms with van der Waals surface area (Å²) in [6.45, 7) is 0. The average Bonchev–Trinajstić information content (AvgIpc) is 2.44. The van der Waals surface area contributed by atoms with Crippen LogP contribution >= 0.6 is 11.6 Å². The van der Waals surface area contributed by atoms with E-state index in [1.807, 2.05) is 0 Å². The molecule has 0 aliphatic heterocycles. The van der Waals surface area contributed by atoms with Crippen LogP contribution in [0, 0.1) is 5.82 Å². The van der Waals surface area contributed by atoms with Crippen molar-refractivity contribution in [3.63, 3.8) is 0 Å². The molecule has 2 rings (SSSR count). The van der Waals surface area contributed by atoms with E-state index in [1.54, 1.807) is 0 Å². The van der Waals surface area contributed by atoms with Gasteiger partial charge in [0.15, 0.2) is 0 Å². The standard InChI is InChI=1S/C15H9ClF4O2/c1-22-14(21)9-5-8(6-10(16)7-9)11-3-2-4-12(13(11)17)15(18,19)20/h2-7H,1H3. The fourth-order valence-corrected chi connectivity index (χ4v) is 2.19. The summed E-state index contributed by atoms with van der Waals surface area (Å²) in [5.74, 6) is -2.15. The maximum absolute atomic E-state index is 14.1. The maximum atomic E-state index is 14.1. The quantitative estimate of drug-likeness (QED) is 0.574. The van der Waals surface area contributed by atoms with Crippen LogP contribution in [-0.4, -0.2) is 13.1 Å². The van der Waals surface area contributed by atoms with Crippen molar-refractivity contribution < 1.29 is 27.1 Å². The summed E-state index contributed by atoms with van der Waals surface area (Å²) in [5, 5.41) is 0.0784. The third-order valence-electron chi connectivity index (χ3n) is 2.93. The molecule has 0 bridgehead atoms. The number of hydrogen-bond donors (Lipinski definition) is 0. The number of carbonyl (C=O) groups is 1. The van der Waals surface area contributed by atoms with Gasteiger partial charge in [0.05, 0.1) is 18.2 Å². The summed E-state index contributed by atoms with van der Waals surface area (Å²) < 4.78 is 56.9. The van der Waals surface area contributed by atoms with Crippen LogP contribution in [-0.2, 0) is 10.9 Å². The third-order valence-corrected chi connectivity index (χ3v) is 3.15. The van der Waals surface area contributed by atoms with E-state index >= 15 is 0 Å². The summed E-state index contributed by atoms with van der Waals surface area (Å²) in [6.07, 6.45) is -4.82. The predicted octanol–water partition coefficient (Wildman–Crippen LogP) is 4.95. The van der Waals surface area contributed by atoms with Gasteiger partial charge in [-0.1, -0.05) is 23.7 Å². The molecule has 0 spiro atoms. The molecule has 0 N–H and O–H groups in total. The van der Waals surface area contributed by atoms with Gasteiger partial charge in [-0.25, -0.2) is 9.18 Å². The fraction of sp³-hybridized carbons (Fsp3) is 0.133. The number of rotatable bonds is 2. The van der Waals surface area contributed by atoms with Gasteiger partial charge in [0, 0.05) is 10.6 Å². The second-order valence-electron chi connectivity index (χ2n) is 4.39. The summed E-state index contributed by atoms with van der Waals surface area (Å²) in [7, 11) is 1.15. The van der Waals surface area contributed by atoms with Crippen LogP contribution in [0.4, 0.5) is 17.6 Å². The molecule has 7 heteroatoms. The molecule has 22 heavy (non-hydrogen) atoms. The Morgan fingerprint density at radius 1 is 1.18 bits per heavy atom. The van der Waals surface area contributed by atoms with Crippen molar-refractivity contribution in [3.05, 3.63) is 58.4 Å². The monoisotopic (exact) mass is 332 g/mol. The van der Waals surface area contributed by atoms with Gasteiger partial charge in [-0.2, -0.15) is 13.2 Å². The summed E-state index contributed by atoms with van der Waals surface area (Å²) in [5.41, 5.74) is -1.62. The molecule has 2 nitrogen and oxygen atoms in total. The van der Waals surface area contributed by atoms with Crippen molar-refractivity contribution in [2.75, 3.05) is 7.11 Å². The molecular formula is C15H9ClF4O2. The van der Waals surface area contributed by atoms with E-state index < -0.39 is 23.5 Å². The van der Waals surface area contributed by atoms with Crippen molar-refractivity contribution in [2.24, 2.45) is 0 Å². The maximum Gasteiger partial charge on any atom is 0.419 e. The van der Waals surface area contributed by atoms with Crippen LogP contribution in [0.15, 0.2) is 36.4 Å². The molecule has 0 atom stereocenters. The van der Waals surface area contributed by atoms with Gasteiger partial charge in [-0.05, 0) is 29.8 Å². The van der Waals surface area contributed by atoms with Crippen LogP contribution in [0.2, 0.25) is 5.02 Å². The van der Waals surface area contributed by atoms with Gasteiger partial charge in [-0.15, -0.1) is 0 Å². The molecule has 0 aliphatic rings.